The molecule has 4 heteroatoms. The molecule has 1 N–H and O–H groups in total. The summed E-state index contributed by atoms with van der Waals surface area (Å²) in [5.41, 5.74) is 1.30. The molecule has 0 spiro atoms. The summed E-state index contributed by atoms with van der Waals surface area (Å²) in [5.74, 6) is 0. The summed E-state index contributed by atoms with van der Waals surface area (Å²) in [7, 11) is 1.97. The van der Waals surface area contributed by atoms with Crippen molar-refractivity contribution in [1.82, 2.24) is 15.1 Å². The Bertz CT molecular complexity index is 447. The predicted octanol–water partition coefficient (Wildman–Crippen LogP) is 3.16. The zero-order valence-electron chi connectivity index (χ0n) is 11.1. The third kappa shape index (κ3) is 3.68. The SMILES string of the molecule is CCNC(CCCc1cccs1)c1cnn(C)c1. The normalized spacial score (nSPS) is 12.8. The average molecular weight is 263 g/mol. The number of aryl methyl sites for hydroxylation is 2. The Labute approximate surface area is 113 Å². The lowest BCUT2D eigenvalue weighted by atomic mass is 10.0. The van der Waals surface area contributed by atoms with Crippen molar-refractivity contribution in [3.8, 4) is 0 Å². The standard InChI is InChI=1S/C14H21N3S/c1-3-15-14(12-10-16-17(2)11-12)8-4-6-13-7-5-9-18-13/h5,7,9-11,14-15H,3-4,6,8H2,1-2H3. The first-order valence-electron chi connectivity index (χ1n) is 6.54. The molecule has 3 nitrogen and oxygen atoms in total. The summed E-state index contributed by atoms with van der Waals surface area (Å²) in [4.78, 5) is 1.48. The number of nitrogens with one attached hydrogen (secondary N) is 1. The van der Waals surface area contributed by atoms with E-state index in [9.17, 15) is 0 Å². The second-order valence-electron chi connectivity index (χ2n) is 4.53. The van der Waals surface area contributed by atoms with Crippen LogP contribution in [0.25, 0.3) is 0 Å². The van der Waals surface area contributed by atoms with Crippen LogP contribution in [-0.4, -0.2) is 16.3 Å². The highest BCUT2D eigenvalue weighted by molar-refractivity contribution is 7.09. The summed E-state index contributed by atoms with van der Waals surface area (Å²) >= 11 is 1.85. The van der Waals surface area contributed by atoms with Gasteiger partial charge in [0.1, 0.15) is 0 Å². The van der Waals surface area contributed by atoms with E-state index in [1.54, 1.807) is 0 Å². The highest BCUT2D eigenvalue weighted by Gasteiger charge is 2.11. The topological polar surface area (TPSA) is 29.9 Å². The molecular formula is C14H21N3S. The Morgan fingerprint density at radius 2 is 2.39 bits per heavy atom. The van der Waals surface area contributed by atoms with Gasteiger partial charge in [-0.2, -0.15) is 5.10 Å². The van der Waals surface area contributed by atoms with E-state index < -0.39 is 0 Å². The molecule has 0 aliphatic rings. The Kier molecular flexibility index (Phi) is 4.96. The highest BCUT2D eigenvalue weighted by Crippen LogP contribution is 2.20. The van der Waals surface area contributed by atoms with Crippen LogP contribution < -0.4 is 5.32 Å². The van der Waals surface area contributed by atoms with Crippen LogP contribution in [0.1, 0.15) is 36.2 Å². The maximum absolute atomic E-state index is 4.26. The van der Waals surface area contributed by atoms with Crippen LogP contribution in [0.4, 0.5) is 0 Å². The molecule has 18 heavy (non-hydrogen) atoms. The zero-order chi connectivity index (χ0) is 12.8. The van der Waals surface area contributed by atoms with E-state index in [-0.39, 0.29) is 0 Å². The Morgan fingerprint density at radius 1 is 1.50 bits per heavy atom. The minimum absolute atomic E-state index is 0.434. The monoisotopic (exact) mass is 263 g/mol. The van der Waals surface area contributed by atoms with Gasteiger partial charge < -0.3 is 5.32 Å². The van der Waals surface area contributed by atoms with E-state index in [4.69, 9.17) is 0 Å². The van der Waals surface area contributed by atoms with Crippen molar-refractivity contribution in [2.75, 3.05) is 6.54 Å². The van der Waals surface area contributed by atoms with Crippen molar-refractivity contribution >= 4 is 11.3 Å². The van der Waals surface area contributed by atoms with Gasteiger partial charge in [0.25, 0.3) is 0 Å². The molecule has 0 bridgehead atoms. The molecule has 0 amide bonds. The van der Waals surface area contributed by atoms with Gasteiger partial charge in [0.05, 0.1) is 6.20 Å². The van der Waals surface area contributed by atoms with Crippen LogP contribution in [0.3, 0.4) is 0 Å². The van der Waals surface area contributed by atoms with Gasteiger partial charge in [-0.05, 0) is 37.3 Å². The minimum Gasteiger partial charge on any atom is -0.310 e. The van der Waals surface area contributed by atoms with Crippen molar-refractivity contribution in [1.29, 1.82) is 0 Å². The van der Waals surface area contributed by atoms with Gasteiger partial charge in [-0.1, -0.05) is 13.0 Å². The van der Waals surface area contributed by atoms with E-state index >= 15 is 0 Å². The third-order valence-corrected chi connectivity index (χ3v) is 4.01. The summed E-state index contributed by atoms with van der Waals surface area (Å²) in [5, 5.41) is 9.95. The molecule has 2 aromatic heterocycles. The Balaban J connectivity index is 1.86. The molecule has 2 rings (SSSR count). The van der Waals surface area contributed by atoms with Crippen molar-refractivity contribution < 1.29 is 0 Å². The molecule has 2 heterocycles. The molecule has 0 aliphatic carbocycles. The number of hydrogen-bond acceptors (Lipinski definition) is 3. The first kappa shape index (κ1) is 13.3. The van der Waals surface area contributed by atoms with E-state index in [0.717, 1.165) is 13.0 Å². The lowest BCUT2D eigenvalue weighted by Gasteiger charge is -2.15. The van der Waals surface area contributed by atoms with Gasteiger partial charge in [0.2, 0.25) is 0 Å². The fourth-order valence-electron chi connectivity index (χ4n) is 2.19. The fourth-order valence-corrected chi connectivity index (χ4v) is 2.94. The van der Waals surface area contributed by atoms with Crippen molar-refractivity contribution in [3.63, 3.8) is 0 Å². The highest BCUT2D eigenvalue weighted by atomic mass is 32.1. The van der Waals surface area contributed by atoms with E-state index in [2.05, 4.69) is 41.0 Å². The number of aromatic nitrogens is 2. The molecule has 2 aromatic rings. The number of hydrogen-bond donors (Lipinski definition) is 1. The van der Waals surface area contributed by atoms with Crippen LogP contribution in [0.5, 0.6) is 0 Å². The first-order chi connectivity index (χ1) is 8.79. The van der Waals surface area contributed by atoms with Gasteiger partial charge in [-0.25, -0.2) is 0 Å². The summed E-state index contributed by atoms with van der Waals surface area (Å²) < 4.78 is 1.87. The van der Waals surface area contributed by atoms with Crippen LogP contribution in [0, 0.1) is 0 Å². The number of nitrogens with zero attached hydrogens (tertiary/aromatic N) is 2. The molecule has 1 unspecified atom stereocenters. The van der Waals surface area contributed by atoms with Crippen molar-refractivity contribution in [3.05, 3.63) is 40.3 Å². The Morgan fingerprint density at radius 3 is 3.00 bits per heavy atom. The van der Waals surface area contributed by atoms with E-state index in [1.807, 2.05) is 29.3 Å². The summed E-state index contributed by atoms with van der Waals surface area (Å²) in [6.07, 6.45) is 7.64. The molecule has 0 radical (unpaired) electrons. The quantitative estimate of drug-likeness (QED) is 0.831. The zero-order valence-corrected chi connectivity index (χ0v) is 11.9. The van der Waals surface area contributed by atoms with Crippen molar-refractivity contribution in [2.45, 2.75) is 32.2 Å². The van der Waals surface area contributed by atoms with Crippen LogP contribution in [-0.2, 0) is 13.5 Å². The molecule has 0 saturated carbocycles. The number of rotatable bonds is 7. The average Bonchev–Trinajstić information content (AvgIpc) is 2.99. The lowest BCUT2D eigenvalue weighted by molar-refractivity contribution is 0.498. The predicted molar refractivity (Wildman–Crippen MR) is 76.9 cm³/mol. The lowest BCUT2D eigenvalue weighted by Crippen LogP contribution is -2.20. The second kappa shape index (κ2) is 6.71. The maximum atomic E-state index is 4.26. The molecule has 0 fully saturated rings. The molecule has 0 saturated heterocycles. The molecular weight excluding hydrogens is 242 g/mol. The summed E-state index contributed by atoms with van der Waals surface area (Å²) in [6.45, 7) is 3.15. The van der Waals surface area contributed by atoms with Crippen molar-refractivity contribution in [2.24, 2.45) is 7.05 Å². The smallest absolute Gasteiger partial charge is 0.0537 e. The first-order valence-corrected chi connectivity index (χ1v) is 7.42. The third-order valence-electron chi connectivity index (χ3n) is 3.07. The summed E-state index contributed by atoms with van der Waals surface area (Å²) in [6, 6.07) is 4.78. The molecule has 0 aromatic carbocycles. The van der Waals surface area contributed by atoms with E-state index in [1.165, 1.54) is 23.3 Å². The number of thiophene rings is 1. The maximum Gasteiger partial charge on any atom is 0.0537 e. The van der Waals surface area contributed by atoms with Gasteiger partial charge >= 0.3 is 0 Å². The Hall–Kier alpha value is -1.13. The largest absolute Gasteiger partial charge is 0.310 e. The van der Waals surface area contributed by atoms with Gasteiger partial charge in [0, 0.05) is 29.7 Å². The van der Waals surface area contributed by atoms with E-state index in [0.29, 0.717) is 6.04 Å². The minimum atomic E-state index is 0.434. The van der Waals surface area contributed by atoms with Gasteiger partial charge in [-0.15, -0.1) is 11.3 Å². The second-order valence-corrected chi connectivity index (χ2v) is 5.56. The fraction of sp³-hybridized carbons (Fsp3) is 0.500. The molecule has 0 aliphatic heterocycles. The van der Waals surface area contributed by atoms with Gasteiger partial charge in [0.15, 0.2) is 0 Å². The molecule has 98 valence electrons. The van der Waals surface area contributed by atoms with Gasteiger partial charge in [-0.3, -0.25) is 4.68 Å². The van der Waals surface area contributed by atoms with Crippen LogP contribution in [0.15, 0.2) is 29.9 Å². The molecule has 1 atom stereocenters. The van der Waals surface area contributed by atoms with Crippen LogP contribution in [0.2, 0.25) is 0 Å². The van der Waals surface area contributed by atoms with Crippen LogP contribution >= 0.6 is 11.3 Å².